The van der Waals surface area contributed by atoms with Crippen molar-refractivity contribution >= 4 is 24.0 Å². The first kappa shape index (κ1) is 17.3. The molecule has 1 aliphatic rings. The summed E-state index contributed by atoms with van der Waals surface area (Å²) < 4.78 is 5.58. The van der Waals surface area contributed by atoms with Crippen LogP contribution in [0.4, 0.5) is 0 Å². The maximum absolute atomic E-state index is 6.00. The van der Waals surface area contributed by atoms with E-state index in [-0.39, 0.29) is 12.4 Å². The minimum atomic E-state index is 0. The number of oxazole rings is 1. The number of nitrogens with two attached hydrogens (primary N) is 1. The molecule has 1 unspecified atom stereocenters. The number of piperidine rings is 1. The molecule has 2 aromatic rings. The van der Waals surface area contributed by atoms with Crippen LogP contribution in [-0.2, 0) is 6.54 Å². The van der Waals surface area contributed by atoms with E-state index >= 15 is 0 Å². The van der Waals surface area contributed by atoms with Crippen LogP contribution >= 0.6 is 24.0 Å². The second-order valence-electron chi connectivity index (χ2n) is 5.63. The van der Waals surface area contributed by atoms with Crippen molar-refractivity contribution in [2.24, 2.45) is 11.7 Å². The molecular formula is C16H21Cl2N3O. The van der Waals surface area contributed by atoms with Crippen molar-refractivity contribution in [2.45, 2.75) is 19.4 Å². The van der Waals surface area contributed by atoms with Gasteiger partial charge < -0.3 is 10.2 Å². The Bertz CT molecular complexity index is 603. The summed E-state index contributed by atoms with van der Waals surface area (Å²) in [5, 5.41) is 0.689. The SMILES string of the molecule is Cl.NCC1CCCN(Cc2coc(-c3cccc(Cl)c3)n2)C1. The monoisotopic (exact) mass is 341 g/mol. The maximum Gasteiger partial charge on any atom is 0.226 e. The van der Waals surface area contributed by atoms with Crippen molar-refractivity contribution in [1.29, 1.82) is 0 Å². The number of hydrogen-bond acceptors (Lipinski definition) is 4. The Hall–Kier alpha value is -1.07. The van der Waals surface area contributed by atoms with Crippen LogP contribution in [0.1, 0.15) is 18.5 Å². The summed E-state index contributed by atoms with van der Waals surface area (Å²) in [6.45, 7) is 3.75. The third-order valence-electron chi connectivity index (χ3n) is 3.95. The van der Waals surface area contributed by atoms with Gasteiger partial charge >= 0.3 is 0 Å². The molecule has 0 aliphatic carbocycles. The van der Waals surface area contributed by atoms with Gasteiger partial charge in [0.25, 0.3) is 0 Å². The molecule has 2 heterocycles. The number of likely N-dealkylation sites (tertiary alicyclic amines) is 1. The van der Waals surface area contributed by atoms with Crippen LogP contribution in [-0.4, -0.2) is 29.5 Å². The lowest BCUT2D eigenvalue weighted by Gasteiger charge is -2.31. The first-order valence-corrected chi connectivity index (χ1v) is 7.75. The van der Waals surface area contributed by atoms with Crippen molar-refractivity contribution < 1.29 is 4.42 Å². The van der Waals surface area contributed by atoms with Gasteiger partial charge in [-0.3, -0.25) is 4.90 Å². The predicted octanol–water partition coefficient (Wildman–Crippen LogP) is 3.59. The van der Waals surface area contributed by atoms with Gasteiger partial charge in [-0.15, -0.1) is 12.4 Å². The Morgan fingerprint density at radius 1 is 1.41 bits per heavy atom. The highest BCUT2D eigenvalue weighted by atomic mass is 35.5. The lowest BCUT2D eigenvalue weighted by atomic mass is 9.98. The molecule has 1 aliphatic heterocycles. The highest BCUT2D eigenvalue weighted by Crippen LogP contribution is 2.23. The van der Waals surface area contributed by atoms with Crippen LogP contribution in [0.3, 0.4) is 0 Å². The fraction of sp³-hybridized carbons (Fsp3) is 0.438. The smallest absolute Gasteiger partial charge is 0.226 e. The van der Waals surface area contributed by atoms with Gasteiger partial charge in [0, 0.05) is 23.7 Å². The van der Waals surface area contributed by atoms with Crippen LogP contribution in [0.15, 0.2) is 34.9 Å². The average Bonchev–Trinajstić information content (AvgIpc) is 2.96. The second kappa shape index (κ2) is 7.97. The van der Waals surface area contributed by atoms with Crippen LogP contribution in [0.25, 0.3) is 11.5 Å². The van der Waals surface area contributed by atoms with Gasteiger partial charge in [-0.1, -0.05) is 17.7 Å². The minimum Gasteiger partial charge on any atom is -0.444 e. The molecule has 1 aromatic carbocycles. The summed E-state index contributed by atoms with van der Waals surface area (Å²) in [5.74, 6) is 1.23. The van der Waals surface area contributed by atoms with E-state index in [9.17, 15) is 0 Å². The first-order valence-electron chi connectivity index (χ1n) is 7.37. The number of halogens is 2. The summed E-state index contributed by atoms with van der Waals surface area (Å²) in [4.78, 5) is 6.97. The molecule has 4 nitrogen and oxygen atoms in total. The Morgan fingerprint density at radius 3 is 3.05 bits per heavy atom. The number of benzene rings is 1. The highest BCUT2D eigenvalue weighted by Gasteiger charge is 2.20. The van der Waals surface area contributed by atoms with Crippen LogP contribution in [0.5, 0.6) is 0 Å². The van der Waals surface area contributed by atoms with E-state index in [4.69, 9.17) is 21.8 Å². The first-order chi connectivity index (χ1) is 10.2. The Labute approximate surface area is 142 Å². The van der Waals surface area contributed by atoms with Gasteiger partial charge in [0.15, 0.2) is 0 Å². The average molecular weight is 342 g/mol. The summed E-state index contributed by atoms with van der Waals surface area (Å²) in [6, 6.07) is 7.56. The Morgan fingerprint density at radius 2 is 2.27 bits per heavy atom. The van der Waals surface area contributed by atoms with Gasteiger partial charge in [-0.05, 0) is 50.0 Å². The molecule has 0 spiro atoms. The maximum atomic E-state index is 6.00. The minimum absolute atomic E-state index is 0. The summed E-state index contributed by atoms with van der Waals surface area (Å²) in [7, 11) is 0. The van der Waals surface area contributed by atoms with E-state index in [0.717, 1.165) is 37.4 Å². The van der Waals surface area contributed by atoms with Gasteiger partial charge in [0.1, 0.15) is 6.26 Å². The molecule has 1 saturated heterocycles. The molecule has 1 fully saturated rings. The largest absolute Gasteiger partial charge is 0.444 e. The number of rotatable bonds is 4. The quantitative estimate of drug-likeness (QED) is 0.923. The van der Waals surface area contributed by atoms with E-state index in [1.54, 1.807) is 6.26 Å². The number of aromatic nitrogens is 1. The Kier molecular flexibility index (Phi) is 6.26. The zero-order chi connectivity index (χ0) is 14.7. The van der Waals surface area contributed by atoms with Gasteiger partial charge in [0.05, 0.1) is 5.69 Å². The zero-order valence-electron chi connectivity index (χ0n) is 12.4. The van der Waals surface area contributed by atoms with E-state index in [1.807, 2.05) is 24.3 Å². The van der Waals surface area contributed by atoms with Gasteiger partial charge in [0.2, 0.25) is 5.89 Å². The van der Waals surface area contributed by atoms with Crippen molar-refractivity contribution in [3.8, 4) is 11.5 Å². The summed E-state index contributed by atoms with van der Waals surface area (Å²) >= 11 is 6.00. The van der Waals surface area contributed by atoms with Crippen molar-refractivity contribution in [1.82, 2.24) is 9.88 Å². The third-order valence-corrected chi connectivity index (χ3v) is 4.18. The zero-order valence-corrected chi connectivity index (χ0v) is 13.9. The predicted molar refractivity (Wildman–Crippen MR) is 91.3 cm³/mol. The molecule has 1 atom stereocenters. The Balaban J connectivity index is 0.00000176. The van der Waals surface area contributed by atoms with E-state index < -0.39 is 0 Å². The fourth-order valence-electron chi connectivity index (χ4n) is 2.85. The molecule has 0 amide bonds. The topological polar surface area (TPSA) is 55.3 Å². The number of hydrogen-bond donors (Lipinski definition) is 1. The normalized spacial score (nSPS) is 18.9. The van der Waals surface area contributed by atoms with Crippen LogP contribution in [0.2, 0.25) is 5.02 Å². The lowest BCUT2D eigenvalue weighted by molar-refractivity contribution is 0.169. The van der Waals surface area contributed by atoms with Crippen molar-refractivity contribution in [2.75, 3.05) is 19.6 Å². The van der Waals surface area contributed by atoms with Gasteiger partial charge in [-0.25, -0.2) is 4.98 Å². The lowest BCUT2D eigenvalue weighted by Crippen LogP contribution is -2.37. The molecule has 0 radical (unpaired) electrons. The molecular weight excluding hydrogens is 321 g/mol. The van der Waals surface area contributed by atoms with Gasteiger partial charge in [-0.2, -0.15) is 0 Å². The molecule has 22 heavy (non-hydrogen) atoms. The standard InChI is InChI=1S/C16H20ClN3O.ClH/c17-14-5-1-4-13(7-14)16-19-15(11-21-16)10-20-6-2-3-12(8-18)9-20;/h1,4-5,7,11-12H,2-3,6,8-10,18H2;1H. The third kappa shape index (κ3) is 4.23. The van der Waals surface area contributed by atoms with E-state index in [2.05, 4.69) is 9.88 Å². The molecule has 2 N–H and O–H groups in total. The van der Waals surface area contributed by atoms with Crippen molar-refractivity contribution in [3.63, 3.8) is 0 Å². The summed E-state index contributed by atoms with van der Waals surface area (Å²) in [6.07, 6.45) is 4.18. The number of nitrogens with zero attached hydrogens (tertiary/aromatic N) is 2. The molecule has 0 saturated carbocycles. The van der Waals surface area contributed by atoms with E-state index in [1.165, 1.54) is 12.8 Å². The summed E-state index contributed by atoms with van der Waals surface area (Å²) in [5.41, 5.74) is 7.65. The fourth-order valence-corrected chi connectivity index (χ4v) is 3.04. The van der Waals surface area contributed by atoms with Crippen molar-refractivity contribution in [3.05, 3.63) is 41.2 Å². The van der Waals surface area contributed by atoms with Crippen LogP contribution in [0, 0.1) is 5.92 Å². The molecule has 120 valence electrons. The second-order valence-corrected chi connectivity index (χ2v) is 6.07. The molecule has 6 heteroatoms. The molecule has 3 rings (SSSR count). The highest BCUT2D eigenvalue weighted by molar-refractivity contribution is 6.30. The van der Waals surface area contributed by atoms with Crippen LogP contribution < -0.4 is 5.73 Å². The molecule has 0 bridgehead atoms. The molecule has 1 aromatic heterocycles. The van der Waals surface area contributed by atoms with E-state index in [0.29, 0.717) is 16.8 Å².